The SMILES string of the molecule is Cc1occc1C(=O)OCC(=O)c1ccc2c(c1)CCN2S(C)(=O)=O. The Bertz CT molecular complexity index is 944. The van der Waals surface area contributed by atoms with E-state index in [9.17, 15) is 18.0 Å². The fraction of sp³-hybridized carbons (Fsp3) is 0.294. The maximum absolute atomic E-state index is 12.2. The minimum Gasteiger partial charge on any atom is -0.469 e. The van der Waals surface area contributed by atoms with Gasteiger partial charge in [-0.25, -0.2) is 13.2 Å². The van der Waals surface area contributed by atoms with E-state index in [2.05, 4.69) is 0 Å². The maximum Gasteiger partial charge on any atom is 0.342 e. The van der Waals surface area contributed by atoms with Crippen LogP contribution in [0.15, 0.2) is 34.9 Å². The van der Waals surface area contributed by atoms with Crippen molar-refractivity contribution >= 4 is 27.5 Å². The summed E-state index contributed by atoms with van der Waals surface area (Å²) in [6.07, 6.45) is 3.07. The summed E-state index contributed by atoms with van der Waals surface area (Å²) >= 11 is 0. The molecular formula is C17H17NO6S. The first-order chi connectivity index (χ1) is 11.8. The van der Waals surface area contributed by atoms with E-state index in [0.717, 1.165) is 11.8 Å². The molecule has 1 aliphatic rings. The van der Waals surface area contributed by atoms with Crippen molar-refractivity contribution in [3.05, 3.63) is 53.0 Å². The molecule has 0 aliphatic carbocycles. The molecule has 1 aliphatic heterocycles. The summed E-state index contributed by atoms with van der Waals surface area (Å²) in [5, 5.41) is 0. The summed E-state index contributed by atoms with van der Waals surface area (Å²) in [5.41, 5.74) is 2.04. The Morgan fingerprint density at radius 3 is 2.68 bits per heavy atom. The molecule has 8 heteroatoms. The number of Topliss-reactive ketones (excluding diaryl/α,β-unsaturated/α-hetero) is 1. The molecule has 0 atom stereocenters. The number of nitrogens with zero attached hydrogens (tertiary/aromatic N) is 1. The summed E-state index contributed by atoms with van der Waals surface area (Å²) in [7, 11) is -3.33. The molecule has 3 rings (SSSR count). The lowest BCUT2D eigenvalue weighted by atomic mass is 10.1. The van der Waals surface area contributed by atoms with E-state index in [1.165, 1.54) is 16.6 Å². The molecule has 0 saturated carbocycles. The van der Waals surface area contributed by atoms with E-state index < -0.39 is 22.6 Å². The highest BCUT2D eigenvalue weighted by Crippen LogP contribution is 2.30. The van der Waals surface area contributed by atoms with Crippen LogP contribution in [-0.2, 0) is 21.2 Å². The van der Waals surface area contributed by atoms with Crippen LogP contribution in [0.4, 0.5) is 5.69 Å². The number of furan rings is 1. The van der Waals surface area contributed by atoms with Crippen molar-refractivity contribution in [1.29, 1.82) is 0 Å². The molecule has 1 aromatic heterocycles. The van der Waals surface area contributed by atoms with E-state index in [4.69, 9.17) is 9.15 Å². The van der Waals surface area contributed by atoms with Gasteiger partial charge in [0.05, 0.1) is 18.2 Å². The van der Waals surface area contributed by atoms with Crippen LogP contribution in [0.1, 0.15) is 32.0 Å². The fourth-order valence-corrected chi connectivity index (χ4v) is 3.74. The van der Waals surface area contributed by atoms with Crippen molar-refractivity contribution in [3.8, 4) is 0 Å². The summed E-state index contributed by atoms with van der Waals surface area (Å²) in [4.78, 5) is 24.1. The zero-order valence-electron chi connectivity index (χ0n) is 13.8. The van der Waals surface area contributed by atoms with E-state index >= 15 is 0 Å². The van der Waals surface area contributed by atoms with E-state index in [1.54, 1.807) is 25.1 Å². The van der Waals surface area contributed by atoms with Crippen molar-refractivity contribution in [1.82, 2.24) is 0 Å². The van der Waals surface area contributed by atoms with Gasteiger partial charge in [-0.05, 0) is 43.2 Å². The van der Waals surface area contributed by atoms with Crippen LogP contribution in [0.2, 0.25) is 0 Å². The summed E-state index contributed by atoms with van der Waals surface area (Å²) in [6.45, 7) is 1.60. The first-order valence-corrected chi connectivity index (χ1v) is 9.47. The average molecular weight is 363 g/mol. The highest BCUT2D eigenvalue weighted by molar-refractivity contribution is 7.92. The van der Waals surface area contributed by atoms with Crippen LogP contribution in [0.25, 0.3) is 0 Å². The third-order valence-electron chi connectivity index (χ3n) is 4.07. The van der Waals surface area contributed by atoms with Crippen molar-refractivity contribution < 1.29 is 27.2 Å². The van der Waals surface area contributed by atoms with Crippen LogP contribution in [0.5, 0.6) is 0 Å². The van der Waals surface area contributed by atoms with Gasteiger partial charge in [-0.15, -0.1) is 0 Å². The van der Waals surface area contributed by atoms with Gasteiger partial charge in [-0.3, -0.25) is 9.10 Å². The summed E-state index contributed by atoms with van der Waals surface area (Å²) in [5.74, 6) is -0.546. The minimum atomic E-state index is -3.33. The van der Waals surface area contributed by atoms with Crippen molar-refractivity contribution in [2.24, 2.45) is 0 Å². The third kappa shape index (κ3) is 3.43. The zero-order valence-corrected chi connectivity index (χ0v) is 14.6. The molecule has 0 radical (unpaired) electrons. The maximum atomic E-state index is 12.2. The molecule has 132 valence electrons. The number of carbonyl (C=O) groups excluding carboxylic acids is 2. The van der Waals surface area contributed by atoms with Gasteiger partial charge in [0.15, 0.2) is 12.4 Å². The number of carbonyl (C=O) groups is 2. The van der Waals surface area contributed by atoms with Crippen LogP contribution in [0, 0.1) is 6.92 Å². The number of hydrogen-bond acceptors (Lipinski definition) is 6. The Balaban J connectivity index is 1.70. The zero-order chi connectivity index (χ0) is 18.2. The minimum absolute atomic E-state index is 0.283. The number of benzene rings is 1. The first-order valence-electron chi connectivity index (χ1n) is 7.62. The number of anilines is 1. The molecule has 25 heavy (non-hydrogen) atoms. The number of aryl methyl sites for hydroxylation is 1. The molecule has 0 saturated heterocycles. The lowest BCUT2D eigenvalue weighted by Gasteiger charge is -2.16. The number of ether oxygens (including phenoxy) is 1. The Hall–Kier alpha value is -2.61. The molecule has 1 aromatic carbocycles. The molecule has 0 amide bonds. The quantitative estimate of drug-likeness (QED) is 0.595. The van der Waals surface area contributed by atoms with E-state index in [1.807, 2.05) is 0 Å². The van der Waals surface area contributed by atoms with Crippen LogP contribution in [0.3, 0.4) is 0 Å². The van der Waals surface area contributed by atoms with Gasteiger partial charge in [0.1, 0.15) is 11.3 Å². The molecular weight excluding hydrogens is 346 g/mol. The van der Waals surface area contributed by atoms with Crippen LogP contribution in [-0.4, -0.2) is 39.6 Å². The number of rotatable bonds is 5. The van der Waals surface area contributed by atoms with Gasteiger partial charge >= 0.3 is 5.97 Å². The first kappa shape index (κ1) is 17.2. The number of hydrogen-bond donors (Lipinski definition) is 0. The fourth-order valence-electron chi connectivity index (χ4n) is 2.78. The van der Waals surface area contributed by atoms with Crippen molar-refractivity contribution in [2.75, 3.05) is 23.7 Å². The second-order valence-corrected chi connectivity index (χ2v) is 7.73. The van der Waals surface area contributed by atoms with Crippen LogP contribution >= 0.6 is 0 Å². The van der Waals surface area contributed by atoms with Gasteiger partial charge in [0.25, 0.3) is 0 Å². The third-order valence-corrected chi connectivity index (χ3v) is 5.25. The lowest BCUT2D eigenvalue weighted by Crippen LogP contribution is -2.27. The molecule has 0 fully saturated rings. The normalized spacial score (nSPS) is 13.6. The van der Waals surface area contributed by atoms with Gasteiger partial charge in [0.2, 0.25) is 10.0 Å². The summed E-state index contributed by atoms with van der Waals surface area (Å²) in [6, 6.07) is 6.29. The molecule has 2 aromatic rings. The summed E-state index contributed by atoms with van der Waals surface area (Å²) < 4.78 is 34.8. The van der Waals surface area contributed by atoms with Crippen molar-refractivity contribution in [3.63, 3.8) is 0 Å². The Morgan fingerprint density at radius 1 is 1.28 bits per heavy atom. The van der Waals surface area contributed by atoms with Gasteiger partial charge in [-0.2, -0.15) is 0 Å². The molecule has 0 N–H and O–H groups in total. The van der Waals surface area contributed by atoms with Crippen molar-refractivity contribution in [2.45, 2.75) is 13.3 Å². The Kier molecular flexibility index (Phi) is 4.38. The number of sulfonamides is 1. The van der Waals surface area contributed by atoms with E-state index in [0.29, 0.717) is 30.0 Å². The highest BCUT2D eigenvalue weighted by atomic mass is 32.2. The average Bonchev–Trinajstić information content (AvgIpc) is 3.17. The molecule has 0 unspecified atom stereocenters. The number of fused-ring (bicyclic) bond motifs is 1. The predicted octanol–water partition coefficient (Wildman–Crippen LogP) is 1.95. The topological polar surface area (TPSA) is 93.9 Å². The number of ketones is 1. The Morgan fingerprint density at radius 2 is 2.04 bits per heavy atom. The van der Waals surface area contributed by atoms with Gasteiger partial charge in [0, 0.05) is 12.1 Å². The predicted molar refractivity (Wildman–Crippen MR) is 90.4 cm³/mol. The lowest BCUT2D eigenvalue weighted by molar-refractivity contribution is 0.0473. The standard InChI is InChI=1S/C17H17NO6S/c1-11-14(6-8-23-11)17(20)24-10-16(19)13-3-4-15-12(9-13)5-7-18(15)25(2,21)22/h3-4,6,8-9H,5,7,10H2,1-2H3. The molecule has 2 heterocycles. The number of esters is 1. The molecule has 7 nitrogen and oxygen atoms in total. The van der Waals surface area contributed by atoms with Gasteiger partial charge < -0.3 is 9.15 Å². The van der Waals surface area contributed by atoms with Crippen LogP contribution < -0.4 is 4.31 Å². The van der Waals surface area contributed by atoms with E-state index in [-0.39, 0.29) is 11.3 Å². The highest BCUT2D eigenvalue weighted by Gasteiger charge is 2.27. The Labute approximate surface area is 145 Å². The smallest absolute Gasteiger partial charge is 0.342 e. The van der Waals surface area contributed by atoms with Gasteiger partial charge in [-0.1, -0.05) is 0 Å². The monoisotopic (exact) mass is 363 g/mol. The molecule has 0 spiro atoms. The second-order valence-electron chi connectivity index (χ2n) is 5.82. The largest absolute Gasteiger partial charge is 0.469 e. The second kappa shape index (κ2) is 6.36. The molecule has 0 bridgehead atoms.